The number of ether oxygens (including phenoxy) is 1. The highest BCUT2D eigenvalue weighted by Crippen LogP contribution is 2.54. The molecule has 0 radical (unpaired) electrons. The summed E-state index contributed by atoms with van der Waals surface area (Å²) in [5, 5.41) is 5.52. The summed E-state index contributed by atoms with van der Waals surface area (Å²) in [5.41, 5.74) is 18.4. The standard InChI is InChI=1S/C63H45BN2O3S/c1-62(2,3)36-27-29-37(30-28-36)65(50-22-12-18-42-40-16-7-10-24-53(40)67-58(42)50)38-31-32-48-52(33-38)66(51-23-13-19-43-41-17-8-11-25-54(41)68-59(43)51)49-21-14-26-55-57(49)64(48)61-60(69-55)45-34-44-39-15-6-9-20-46(39)63(4,5)47(44)35-56(45)70-61/h6-35H,1-5H3. The van der Waals surface area contributed by atoms with Gasteiger partial charge in [-0.2, -0.15) is 0 Å². The van der Waals surface area contributed by atoms with Crippen LogP contribution in [0.1, 0.15) is 51.3 Å². The van der Waals surface area contributed by atoms with Gasteiger partial charge in [-0.3, -0.25) is 0 Å². The molecule has 0 fully saturated rings. The molecule has 0 atom stereocenters. The molecule has 0 spiro atoms. The Morgan fingerprint density at radius 1 is 0.543 bits per heavy atom. The minimum Gasteiger partial charge on any atom is -0.457 e. The maximum atomic E-state index is 7.23. The summed E-state index contributed by atoms with van der Waals surface area (Å²) >= 11 is 1.88. The van der Waals surface area contributed by atoms with Crippen LogP contribution in [0.3, 0.4) is 0 Å². The van der Waals surface area contributed by atoms with Crippen LogP contribution in [-0.4, -0.2) is 6.71 Å². The minimum absolute atomic E-state index is 0.00565. The fourth-order valence-corrected chi connectivity index (χ4v) is 13.4. The molecule has 1 aliphatic carbocycles. The molecule has 5 nitrogen and oxygen atoms in total. The van der Waals surface area contributed by atoms with Gasteiger partial charge in [-0.15, -0.1) is 11.3 Å². The first kappa shape index (κ1) is 39.9. The van der Waals surface area contributed by atoms with Crippen molar-refractivity contribution in [3.05, 3.63) is 199 Å². The number of furan rings is 2. The van der Waals surface area contributed by atoms with Crippen molar-refractivity contribution in [1.82, 2.24) is 0 Å². The Bertz CT molecular complexity index is 4210. The molecule has 0 unspecified atom stereocenters. The molecule has 0 saturated heterocycles. The second-order valence-electron chi connectivity index (χ2n) is 20.8. The topological polar surface area (TPSA) is 42.0 Å². The van der Waals surface area contributed by atoms with Crippen molar-refractivity contribution in [3.63, 3.8) is 0 Å². The highest BCUT2D eigenvalue weighted by molar-refractivity contribution is 7.33. The third-order valence-corrected chi connectivity index (χ3v) is 16.7. The molecule has 334 valence electrons. The van der Waals surface area contributed by atoms with E-state index in [0.29, 0.717) is 0 Å². The molecule has 12 aromatic rings. The average molecular weight is 921 g/mol. The number of rotatable bonds is 4. The van der Waals surface area contributed by atoms with Gasteiger partial charge in [0, 0.05) is 64.6 Å². The number of benzene rings is 9. The van der Waals surface area contributed by atoms with Gasteiger partial charge < -0.3 is 23.4 Å². The molecule has 0 bridgehead atoms. The third kappa shape index (κ3) is 5.44. The summed E-state index contributed by atoms with van der Waals surface area (Å²) < 4.78 is 23.4. The highest BCUT2D eigenvalue weighted by atomic mass is 32.1. The molecule has 0 amide bonds. The van der Waals surface area contributed by atoms with Crippen LogP contribution in [-0.2, 0) is 10.8 Å². The summed E-state index contributed by atoms with van der Waals surface area (Å²) in [7, 11) is 0. The predicted molar refractivity (Wildman–Crippen MR) is 293 cm³/mol. The molecule has 70 heavy (non-hydrogen) atoms. The Morgan fingerprint density at radius 3 is 1.99 bits per heavy atom. The fraction of sp³-hybridized carbons (Fsp3) is 0.111. The predicted octanol–water partition coefficient (Wildman–Crippen LogP) is 16.2. The lowest BCUT2D eigenvalue weighted by Gasteiger charge is -2.39. The number of fused-ring (bicyclic) bond motifs is 15. The maximum absolute atomic E-state index is 7.23. The molecule has 3 aliphatic rings. The number of hydrogen-bond acceptors (Lipinski definition) is 6. The lowest BCUT2D eigenvalue weighted by molar-refractivity contribution is 0.494. The molecule has 0 N–H and O–H groups in total. The zero-order valence-corrected chi connectivity index (χ0v) is 40.2. The van der Waals surface area contributed by atoms with E-state index in [-0.39, 0.29) is 17.5 Å². The number of para-hydroxylation sites is 4. The van der Waals surface area contributed by atoms with Gasteiger partial charge in [-0.1, -0.05) is 144 Å². The average Bonchev–Trinajstić information content (AvgIpc) is 4.12. The van der Waals surface area contributed by atoms with E-state index in [1.807, 2.05) is 23.5 Å². The first-order chi connectivity index (χ1) is 34.1. The molecule has 15 rings (SSSR count). The molecule has 9 aromatic carbocycles. The molecule has 0 saturated carbocycles. The van der Waals surface area contributed by atoms with E-state index in [1.165, 1.54) is 48.1 Å². The Labute approximate surface area is 409 Å². The summed E-state index contributed by atoms with van der Waals surface area (Å²) in [4.78, 5) is 4.80. The van der Waals surface area contributed by atoms with E-state index < -0.39 is 0 Å². The van der Waals surface area contributed by atoms with Crippen molar-refractivity contribution in [2.45, 2.75) is 45.4 Å². The first-order valence-electron chi connectivity index (χ1n) is 24.3. The van der Waals surface area contributed by atoms with Crippen LogP contribution in [0.5, 0.6) is 11.5 Å². The van der Waals surface area contributed by atoms with Crippen molar-refractivity contribution in [3.8, 4) is 22.6 Å². The van der Waals surface area contributed by atoms with Crippen molar-refractivity contribution < 1.29 is 13.6 Å². The van der Waals surface area contributed by atoms with E-state index in [4.69, 9.17) is 13.6 Å². The quantitative estimate of drug-likeness (QED) is 0.165. The fourth-order valence-electron chi connectivity index (χ4n) is 12.1. The normalized spacial score (nSPS) is 14.2. The van der Waals surface area contributed by atoms with E-state index in [1.54, 1.807) is 0 Å². The zero-order chi connectivity index (χ0) is 46.8. The summed E-state index contributed by atoms with van der Waals surface area (Å²) in [5.74, 6) is 1.84. The van der Waals surface area contributed by atoms with Crippen LogP contribution in [0.2, 0.25) is 0 Å². The lowest BCUT2D eigenvalue weighted by Crippen LogP contribution is -2.58. The van der Waals surface area contributed by atoms with Gasteiger partial charge >= 0.3 is 0 Å². The molecular weight excluding hydrogens is 876 g/mol. The molecule has 5 heterocycles. The van der Waals surface area contributed by atoms with Gasteiger partial charge in [0.1, 0.15) is 22.7 Å². The third-order valence-electron chi connectivity index (χ3n) is 15.5. The maximum Gasteiger partial charge on any atom is 0.268 e. The van der Waals surface area contributed by atoms with Crippen molar-refractivity contribution >= 4 is 122 Å². The monoisotopic (exact) mass is 920 g/mol. The van der Waals surface area contributed by atoms with Crippen LogP contribution in [0.4, 0.5) is 34.1 Å². The molecule has 2 aliphatic heterocycles. The second kappa shape index (κ2) is 14.1. The Hall–Kier alpha value is -8.00. The Balaban J connectivity index is 1.00. The number of anilines is 6. The van der Waals surface area contributed by atoms with Crippen LogP contribution < -0.4 is 30.2 Å². The minimum atomic E-state index is -0.112. The smallest absolute Gasteiger partial charge is 0.268 e. The second-order valence-corrected chi connectivity index (χ2v) is 21.9. The van der Waals surface area contributed by atoms with Gasteiger partial charge in [-0.25, -0.2) is 0 Å². The van der Waals surface area contributed by atoms with Gasteiger partial charge in [0.05, 0.1) is 11.4 Å². The Morgan fingerprint density at radius 2 is 1.20 bits per heavy atom. The largest absolute Gasteiger partial charge is 0.457 e. The van der Waals surface area contributed by atoms with E-state index >= 15 is 0 Å². The summed E-state index contributed by atoms with van der Waals surface area (Å²) in [6.45, 7) is 11.4. The van der Waals surface area contributed by atoms with E-state index in [9.17, 15) is 0 Å². The van der Waals surface area contributed by atoms with E-state index in [0.717, 1.165) is 95.0 Å². The van der Waals surface area contributed by atoms with Crippen LogP contribution in [0.15, 0.2) is 191 Å². The Kier molecular flexibility index (Phi) is 8.02. The van der Waals surface area contributed by atoms with Crippen molar-refractivity contribution in [1.29, 1.82) is 0 Å². The van der Waals surface area contributed by atoms with Crippen LogP contribution >= 0.6 is 11.3 Å². The van der Waals surface area contributed by atoms with E-state index in [2.05, 4.69) is 214 Å². The van der Waals surface area contributed by atoms with Crippen LogP contribution in [0.25, 0.3) is 65.1 Å². The molecular formula is C63H45BN2O3S. The number of nitrogens with zero attached hydrogens (tertiary/aromatic N) is 2. The van der Waals surface area contributed by atoms with Crippen LogP contribution in [0, 0.1) is 0 Å². The van der Waals surface area contributed by atoms with Gasteiger partial charge in [0.2, 0.25) is 0 Å². The number of hydrogen-bond donors (Lipinski definition) is 0. The number of thiophene rings is 1. The molecule has 7 heteroatoms. The van der Waals surface area contributed by atoms with Gasteiger partial charge in [0.15, 0.2) is 11.2 Å². The first-order valence-corrected chi connectivity index (χ1v) is 25.1. The van der Waals surface area contributed by atoms with Crippen molar-refractivity contribution in [2.24, 2.45) is 0 Å². The van der Waals surface area contributed by atoms with Crippen molar-refractivity contribution in [2.75, 3.05) is 9.80 Å². The SMILES string of the molecule is CC(C)(C)c1ccc(N(c2ccc3c(c2)N(c2cccc4c2oc2ccccc24)c2cccc4c2B3c2sc3cc5c(cc3c2O4)-c2ccccc2C5(C)C)c2cccc3c2oc2ccccc23)cc1. The lowest BCUT2D eigenvalue weighted by atomic mass is 9.37. The molecule has 3 aromatic heterocycles. The highest BCUT2D eigenvalue weighted by Gasteiger charge is 2.45. The summed E-state index contributed by atoms with van der Waals surface area (Å²) in [6.07, 6.45) is 0. The zero-order valence-electron chi connectivity index (χ0n) is 39.4. The summed E-state index contributed by atoms with van der Waals surface area (Å²) in [6, 6.07) is 66.2. The van der Waals surface area contributed by atoms with Gasteiger partial charge in [-0.05, 0) is 117 Å². The van der Waals surface area contributed by atoms with Gasteiger partial charge in [0.25, 0.3) is 6.71 Å².